The SMILES string of the molecule is CCCNC(COCC)C1(OC)CCOCC1. The van der Waals surface area contributed by atoms with Crippen molar-refractivity contribution in [3.63, 3.8) is 0 Å². The van der Waals surface area contributed by atoms with Crippen molar-refractivity contribution in [2.24, 2.45) is 0 Å². The Morgan fingerprint density at radius 1 is 1.29 bits per heavy atom. The summed E-state index contributed by atoms with van der Waals surface area (Å²) in [5.74, 6) is 0. The summed E-state index contributed by atoms with van der Waals surface area (Å²) in [6.07, 6.45) is 3.01. The lowest BCUT2D eigenvalue weighted by Gasteiger charge is -2.42. The fraction of sp³-hybridized carbons (Fsp3) is 1.00. The summed E-state index contributed by atoms with van der Waals surface area (Å²) in [4.78, 5) is 0. The molecule has 0 aromatic carbocycles. The van der Waals surface area contributed by atoms with Gasteiger partial charge in [-0.2, -0.15) is 0 Å². The second kappa shape index (κ2) is 8.03. The summed E-state index contributed by atoms with van der Waals surface area (Å²) in [7, 11) is 1.80. The zero-order valence-corrected chi connectivity index (χ0v) is 11.5. The van der Waals surface area contributed by atoms with Crippen molar-refractivity contribution in [3.8, 4) is 0 Å². The number of nitrogens with one attached hydrogen (secondary N) is 1. The van der Waals surface area contributed by atoms with Crippen LogP contribution in [0.2, 0.25) is 0 Å². The zero-order chi connectivity index (χ0) is 12.6. The molecule has 1 saturated heterocycles. The summed E-state index contributed by atoms with van der Waals surface area (Å²) in [5.41, 5.74) is -0.122. The molecule has 1 atom stereocenters. The molecule has 1 N–H and O–H groups in total. The van der Waals surface area contributed by atoms with Crippen LogP contribution >= 0.6 is 0 Å². The molecule has 4 heteroatoms. The first-order valence-electron chi connectivity index (χ1n) is 6.73. The molecule has 1 heterocycles. The second-order valence-corrected chi connectivity index (χ2v) is 4.55. The Morgan fingerprint density at radius 3 is 2.53 bits per heavy atom. The maximum Gasteiger partial charge on any atom is 0.0897 e. The van der Waals surface area contributed by atoms with Crippen molar-refractivity contribution in [3.05, 3.63) is 0 Å². The van der Waals surface area contributed by atoms with Crippen LogP contribution < -0.4 is 5.32 Å². The molecule has 0 aromatic heterocycles. The molecule has 0 aromatic rings. The molecule has 102 valence electrons. The predicted octanol–water partition coefficient (Wildman–Crippen LogP) is 1.59. The van der Waals surface area contributed by atoms with Crippen LogP contribution in [0.1, 0.15) is 33.1 Å². The van der Waals surface area contributed by atoms with Crippen LogP contribution in [0.15, 0.2) is 0 Å². The van der Waals surface area contributed by atoms with Gasteiger partial charge in [-0.05, 0) is 19.9 Å². The van der Waals surface area contributed by atoms with Gasteiger partial charge in [-0.25, -0.2) is 0 Å². The molecule has 1 fully saturated rings. The van der Waals surface area contributed by atoms with Gasteiger partial charge in [-0.3, -0.25) is 0 Å². The van der Waals surface area contributed by atoms with Crippen LogP contribution in [0.3, 0.4) is 0 Å². The first-order chi connectivity index (χ1) is 8.29. The molecule has 4 nitrogen and oxygen atoms in total. The summed E-state index contributed by atoms with van der Waals surface area (Å²) < 4.78 is 16.8. The molecular weight excluding hydrogens is 218 g/mol. The highest BCUT2D eigenvalue weighted by molar-refractivity contribution is 4.95. The van der Waals surface area contributed by atoms with Crippen LogP contribution in [0.25, 0.3) is 0 Å². The standard InChI is InChI=1S/C13H27NO3/c1-4-8-14-12(11-16-5-2)13(15-3)6-9-17-10-7-13/h12,14H,4-11H2,1-3H3. The molecule has 17 heavy (non-hydrogen) atoms. The van der Waals surface area contributed by atoms with E-state index in [1.807, 2.05) is 6.92 Å². The Balaban J connectivity index is 2.61. The third kappa shape index (κ3) is 4.21. The van der Waals surface area contributed by atoms with Crippen LogP contribution in [0.4, 0.5) is 0 Å². The van der Waals surface area contributed by atoms with E-state index < -0.39 is 0 Å². The normalized spacial score (nSPS) is 21.4. The highest BCUT2D eigenvalue weighted by Crippen LogP contribution is 2.28. The van der Waals surface area contributed by atoms with Gasteiger partial charge in [0.05, 0.1) is 18.2 Å². The minimum Gasteiger partial charge on any atom is -0.381 e. The first-order valence-corrected chi connectivity index (χ1v) is 6.73. The smallest absolute Gasteiger partial charge is 0.0897 e. The summed E-state index contributed by atoms with van der Waals surface area (Å²) >= 11 is 0. The highest BCUT2D eigenvalue weighted by atomic mass is 16.5. The molecule has 0 bridgehead atoms. The quantitative estimate of drug-likeness (QED) is 0.705. The lowest BCUT2D eigenvalue weighted by atomic mass is 9.86. The molecule has 1 aliphatic rings. The number of ether oxygens (including phenoxy) is 3. The molecule has 1 rings (SSSR count). The second-order valence-electron chi connectivity index (χ2n) is 4.55. The first kappa shape index (κ1) is 14.9. The van der Waals surface area contributed by atoms with Crippen molar-refractivity contribution in [1.29, 1.82) is 0 Å². The Labute approximate surface area is 105 Å². The zero-order valence-electron chi connectivity index (χ0n) is 11.5. The number of hydrogen-bond donors (Lipinski definition) is 1. The molecule has 0 spiro atoms. The van der Waals surface area contributed by atoms with Crippen molar-refractivity contribution in [2.45, 2.75) is 44.8 Å². The van der Waals surface area contributed by atoms with Gasteiger partial charge in [0.2, 0.25) is 0 Å². The van der Waals surface area contributed by atoms with Crippen LogP contribution in [-0.4, -0.2) is 51.7 Å². The van der Waals surface area contributed by atoms with Gasteiger partial charge in [-0.1, -0.05) is 6.92 Å². The molecule has 1 aliphatic heterocycles. The Kier molecular flexibility index (Phi) is 7.04. The highest BCUT2D eigenvalue weighted by Gasteiger charge is 2.40. The number of rotatable bonds is 8. The van der Waals surface area contributed by atoms with E-state index in [0.29, 0.717) is 6.61 Å². The van der Waals surface area contributed by atoms with E-state index in [-0.39, 0.29) is 11.6 Å². The van der Waals surface area contributed by atoms with E-state index >= 15 is 0 Å². The molecule has 1 unspecified atom stereocenters. The van der Waals surface area contributed by atoms with Crippen molar-refractivity contribution >= 4 is 0 Å². The maximum absolute atomic E-state index is 5.81. The van der Waals surface area contributed by atoms with E-state index in [9.17, 15) is 0 Å². The van der Waals surface area contributed by atoms with Crippen molar-refractivity contribution in [1.82, 2.24) is 5.32 Å². The van der Waals surface area contributed by atoms with Crippen molar-refractivity contribution < 1.29 is 14.2 Å². The Bertz CT molecular complexity index is 185. The van der Waals surface area contributed by atoms with E-state index in [4.69, 9.17) is 14.2 Å². The van der Waals surface area contributed by atoms with Gasteiger partial charge in [0.15, 0.2) is 0 Å². The fourth-order valence-electron chi connectivity index (χ4n) is 2.36. The average molecular weight is 245 g/mol. The monoisotopic (exact) mass is 245 g/mol. The van der Waals surface area contributed by atoms with E-state index in [2.05, 4.69) is 12.2 Å². The topological polar surface area (TPSA) is 39.7 Å². The van der Waals surface area contributed by atoms with Gasteiger partial charge in [-0.15, -0.1) is 0 Å². The van der Waals surface area contributed by atoms with Gasteiger partial charge in [0, 0.05) is 39.8 Å². The number of methoxy groups -OCH3 is 1. The minimum absolute atomic E-state index is 0.122. The van der Waals surface area contributed by atoms with Gasteiger partial charge in [0.1, 0.15) is 0 Å². The number of hydrogen-bond acceptors (Lipinski definition) is 4. The van der Waals surface area contributed by atoms with E-state index in [0.717, 1.165) is 45.6 Å². The van der Waals surface area contributed by atoms with E-state index in [1.54, 1.807) is 7.11 Å². The van der Waals surface area contributed by atoms with Crippen LogP contribution in [0.5, 0.6) is 0 Å². The summed E-state index contributed by atoms with van der Waals surface area (Å²) in [6.45, 7) is 8.23. The summed E-state index contributed by atoms with van der Waals surface area (Å²) in [6, 6.07) is 0.260. The van der Waals surface area contributed by atoms with Gasteiger partial charge in [0.25, 0.3) is 0 Å². The molecule has 0 amide bonds. The largest absolute Gasteiger partial charge is 0.381 e. The van der Waals surface area contributed by atoms with Gasteiger partial charge < -0.3 is 19.5 Å². The minimum atomic E-state index is -0.122. The lowest BCUT2D eigenvalue weighted by Crippen LogP contribution is -2.57. The van der Waals surface area contributed by atoms with Crippen LogP contribution in [-0.2, 0) is 14.2 Å². The lowest BCUT2D eigenvalue weighted by molar-refractivity contribution is -0.122. The third-order valence-electron chi connectivity index (χ3n) is 3.51. The van der Waals surface area contributed by atoms with Crippen molar-refractivity contribution in [2.75, 3.05) is 40.1 Å². The molecular formula is C13H27NO3. The molecule has 0 aliphatic carbocycles. The average Bonchev–Trinajstić information content (AvgIpc) is 2.39. The third-order valence-corrected chi connectivity index (χ3v) is 3.51. The van der Waals surface area contributed by atoms with E-state index in [1.165, 1.54) is 0 Å². The predicted molar refractivity (Wildman–Crippen MR) is 68.4 cm³/mol. The van der Waals surface area contributed by atoms with Gasteiger partial charge >= 0.3 is 0 Å². The fourth-order valence-corrected chi connectivity index (χ4v) is 2.36. The molecule has 0 saturated carbocycles. The molecule has 0 radical (unpaired) electrons. The Morgan fingerprint density at radius 2 is 2.00 bits per heavy atom. The Hall–Kier alpha value is -0.160. The maximum atomic E-state index is 5.81. The summed E-state index contributed by atoms with van der Waals surface area (Å²) in [5, 5.41) is 3.56. The van der Waals surface area contributed by atoms with Crippen LogP contribution in [0, 0.1) is 0 Å².